The van der Waals surface area contributed by atoms with Gasteiger partial charge in [-0.25, -0.2) is 4.98 Å². The maximum absolute atomic E-state index is 11.1. The van der Waals surface area contributed by atoms with Gasteiger partial charge >= 0.3 is 11.7 Å². The molecular formula is C9H10ClN3O4. The van der Waals surface area contributed by atoms with Crippen molar-refractivity contribution in [3.63, 3.8) is 0 Å². The molecule has 0 radical (unpaired) electrons. The number of nitrogens with one attached hydrogen (secondary N) is 1. The van der Waals surface area contributed by atoms with E-state index < -0.39 is 16.6 Å². The molecule has 7 nitrogen and oxygen atoms in total. The van der Waals surface area contributed by atoms with Crippen LogP contribution in [-0.2, 0) is 4.79 Å². The molecule has 0 atom stereocenters. The van der Waals surface area contributed by atoms with Gasteiger partial charge in [0.1, 0.15) is 0 Å². The normalized spacial score (nSPS) is 9.82. The highest BCUT2D eigenvalue weighted by atomic mass is 35.5. The van der Waals surface area contributed by atoms with Crippen molar-refractivity contribution in [3.05, 3.63) is 21.5 Å². The monoisotopic (exact) mass is 259 g/mol. The number of hydrogen-bond donors (Lipinski definition) is 1. The second-order valence-corrected chi connectivity index (χ2v) is 3.33. The SMILES string of the molecule is CCC(=O)Oc1cnc(Cl)c([N+](=O)[O-])c1NC. The summed E-state index contributed by atoms with van der Waals surface area (Å²) in [5.74, 6) is -0.532. The summed E-state index contributed by atoms with van der Waals surface area (Å²) in [4.78, 5) is 24.9. The zero-order valence-electron chi connectivity index (χ0n) is 9.19. The summed E-state index contributed by atoms with van der Waals surface area (Å²) in [5, 5.41) is 13.1. The number of carbonyl (C=O) groups excluding carboxylic acids is 1. The van der Waals surface area contributed by atoms with Crippen LogP contribution in [0.2, 0.25) is 5.15 Å². The number of hydrogen-bond acceptors (Lipinski definition) is 6. The van der Waals surface area contributed by atoms with Crippen LogP contribution >= 0.6 is 11.6 Å². The van der Waals surface area contributed by atoms with E-state index in [0.717, 1.165) is 6.20 Å². The predicted molar refractivity (Wildman–Crippen MR) is 61.4 cm³/mol. The Morgan fingerprint density at radius 2 is 2.35 bits per heavy atom. The van der Waals surface area contributed by atoms with Crippen LogP contribution in [0.4, 0.5) is 11.4 Å². The maximum atomic E-state index is 11.1. The fourth-order valence-electron chi connectivity index (χ4n) is 1.14. The molecule has 0 spiro atoms. The highest BCUT2D eigenvalue weighted by Gasteiger charge is 2.24. The number of nitrogens with zero attached hydrogens (tertiary/aromatic N) is 2. The summed E-state index contributed by atoms with van der Waals surface area (Å²) < 4.78 is 4.90. The first-order chi connectivity index (χ1) is 8.01. The van der Waals surface area contributed by atoms with Crippen LogP contribution in [0, 0.1) is 10.1 Å². The van der Waals surface area contributed by atoms with E-state index in [4.69, 9.17) is 16.3 Å². The van der Waals surface area contributed by atoms with Gasteiger partial charge in [-0.15, -0.1) is 0 Å². The van der Waals surface area contributed by atoms with Crippen molar-refractivity contribution in [2.75, 3.05) is 12.4 Å². The summed E-state index contributed by atoms with van der Waals surface area (Å²) in [6.45, 7) is 1.61. The number of aromatic nitrogens is 1. The van der Waals surface area contributed by atoms with E-state index in [0.29, 0.717) is 0 Å². The molecule has 0 saturated carbocycles. The number of halogens is 1. The van der Waals surface area contributed by atoms with Crippen LogP contribution in [-0.4, -0.2) is 22.9 Å². The van der Waals surface area contributed by atoms with Gasteiger partial charge in [0.2, 0.25) is 5.15 Å². The van der Waals surface area contributed by atoms with Crippen molar-refractivity contribution in [2.24, 2.45) is 0 Å². The van der Waals surface area contributed by atoms with Gasteiger partial charge in [0.25, 0.3) is 0 Å². The Kier molecular flexibility index (Phi) is 4.22. The highest BCUT2D eigenvalue weighted by Crippen LogP contribution is 2.37. The van der Waals surface area contributed by atoms with Crippen molar-refractivity contribution in [1.82, 2.24) is 4.98 Å². The zero-order valence-corrected chi connectivity index (χ0v) is 9.95. The molecule has 1 N–H and O–H groups in total. The van der Waals surface area contributed by atoms with E-state index in [1.54, 1.807) is 6.92 Å². The van der Waals surface area contributed by atoms with Gasteiger partial charge in [-0.05, 0) is 0 Å². The van der Waals surface area contributed by atoms with Crippen LogP contribution in [0.1, 0.15) is 13.3 Å². The Labute approximate surface area is 102 Å². The lowest BCUT2D eigenvalue weighted by Gasteiger charge is -2.09. The second-order valence-electron chi connectivity index (χ2n) is 2.97. The smallest absolute Gasteiger partial charge is 0.333 e. The summed E-state index contributed by atoms with van der Waals surface area (Å²) in [5.41, 5.74) is -0.396. The van der Waals surface area contributed by atoms with E-state index in [1.807, 2.05) is 0 Å². The minimum atomic E-state index is -0.690. The van der Waals surface area contributed by atoms with Gasteiger partial charge in [0, 0.05) is 13.5 Å². The van der Waals surface area contributed by atoms with Gasteiger partial charge < -0.3 is 10.1 Å². The van der Waals surface area contributed by atoms with E-state index in [9.17, 15) is 14.9 Å². The Morgan fingerprint density at radius 1 is 1.71 bits per heavy atom. The number of nitro groups is 1. The Balaban J connectivity index is 3.28. The third-order valence-electron chi connectivity index (χ3n) is 1.92. The summed E-state index contributed by atoms with van der Waals surface area (Å²) in [7, 11) is 1.46. The van der Waals surface area contributed by atoms with Crippen molar-refractivity contribution < 1.29 is 14.5 Å². The number of pyridine rings is 1. The molecule has 0 aliphatic rings. The lowest BCUT2D eigenvalue weighted by molar-refractivity contribution is -0.384. The molecule has 0 unspecified atom stereocenters. The molecule has 17 heavy (non-hydrogen) atoms. The first kappa shape index (κ1) is 13.2. The van der Waals surface area contributed by atoms with Crippen LogP contribution < -0.4 is 10.1 Å². The van der Waals surface area contributed by atoms with Crippen molar-refractivity contribution in [1.29, 1.82) is 0 Å². The largest absolute Gasteiger partial charge is 0.422 e. The zero-order chi connectivity index (χ0) is 13.0. The van der Waals surface area contributed by atoms with Crippen molar-refractivity contribution in [2.45, 2.75) is 13.3 Å². The molecule has 0 aliphatic carbocycles. The minimum absolute atomic E-state index is 0.0181. The number of carbonyl (C=O) groups is 1. The first-order valence-corrected chi connectivity index (χ1v) is 5.10. The summed E-state index contributed by atoms with van der Waals surface area (Å²) >= 11 is 5.61. The molecular weight excluding hydrogens is 250 g/mol. The molecule has 1 aromatic rings. The molecule has 0 saturated heterocycles. The van der Waals surface area contributed by atoms with Crippen molar-refractivity contribution in [3.8, 4) is 5.75 Å². The highest BCUT2D eigenvalue weighted by molar-refractivity contribution is 6.32. The molecule has 1 aromatic heterocycles. The van der Waals surface area contributed by atoms with Gasteiger partial charge in [-0.2, -0.15) is 0 Å². The maximum Gasteiger partial charge on any atom is 0.333 e. The standard InChI is InChI=1S/C9H10ClN3O4/c1-3-6(14)17-5-4-12-9(10)8(13(15)16)7(5)11-2/h4H,3H2,1-2H3,(H,11,12). The molecule has 1 heterocycles. The Hall–Kier alpha value is -1.89. The van der Waals surface area contributed by atoms with Crippen LogP contribution in [0.5, 0.6) is 5.75 Å². The van der Waals surface area contributed by atoms with Crippen LogP contribution in [0.25, 0.3) is 0 Å². The fraction of sp³-hybridized carbons (Fsp3) is 0.333. The molecule has 1 rings (SSSR count). The molecule has 8 heteroatoms. The lowest BCUT2D eigenvalue weighted by atomic mass is 10.3. The van der Waals surface area contributed by atoms with E-state index in [2.05, 4.69) is 10.3 Å². The first-order valence-electron chi connectivity index (χ1n) is 4.72. The molecule has 0 bridgehead atoms. The Bertz CT molecular complexity index is 464. The number of anilines is 1. The summed E-state index contributed by atoms with van der Waals surface area (Å²) in [6.07, 6.45) is 1.31. The van der Waals surface area contributed by atoms with Gasteiger partial charge in [-0.3, -0.25) is 14.9 Å². The second kappa shape index (κ2) is 5.44. The molecule has 0 amide bonds. The summed E-state index contributed by atoms with van der Waals surface area (Å²) in [6, 6.07) is 0. The van der Waals surface area contributed by atoms with E-state index >= 15 is 0 Å². The topological polar surface area (TPSA) is 94.4 Å². The quantitative estimate of drug-likeness (QED) is 0.385. The molecule has 0 aromatic carbocycles. The van der Waals surface area contributed by atoms with Gasteiger partial charge in [0.05, 0.1) is 11.1 Å². The molecule has 92 valence electrons. The molecule has 0 fully saturated rings. The van der Waals surface area contributed by atoms with Crippen molar-refractivity contribution >= 4 is 28.9 Å². The lowest BCUT2D eigenvalue weighted by Crippen LogP contribution is -2.09. The minimum Gasteiger partial charge on any atom is -0.422 e. The number of ether oxygens (including phenoxy) is 1. The van der Waals surface area contributed by atoms with Gasteiger partial charge in [0.15, 0.2) is 11.4 Å². The average molecular weight is 260 g/mol. The number of esters is 1. The van der Waals surface area contributed by atoms with Crippen LogP contribution in [0.15, 0.2) is 6.20 Å². The predicted octanol–water partition coefficient (Wildman–Crippen LogP) is 2.00. The molecule has 0 aliphatic heterocycles. The van der Waals surface area contributed by atoms with E-state index in [1.165, 1.54) is 7.05 Å². The third kappa shape index (κ3) is 2.82. The average Bonchev–Trinajstić information content (AvgIpc) is 2.30. The number of rotatable bonds is 4. The van der Waals surface area contributed by atoms with E-state index in [-0.39, 0.29) is 23.0 Å². The van der Waals surface area contributed by atoms with Gasteiger partial charge in [-0.1, -0.05) is 18.5 Å². The van der Waals surface area contributed by atoms with Crippen LogP contribution in [0.3, 0.4) is 0 Å². The fourth-order valence-corrected chi connectivity index (χ4v) is 1.35. The third-order valence-corrected chi connectivity index (χ3v) is 2.20. The Morgan fingerprint density at radius 3 is 2.82 bits per heavy atom.